The lowest BCUT2D eigenvalue weighted by molar-refractivity contribution is -0.152. The molecule has 0 unspecified atom stereocenters. The molecule has 152 valence electrons. The van der Waals surface area contributed by atoms with E-state index in [1.165, 1.54) is 0 Å². The van der Waals surface area contributed by atoms with E-state index in [0.29, 0.717) is 18.1 Å². The Balaban J connectivity index is 1.45. The Bertz CT molecular complexity index is 915. The maximum atomic E-state index is 12.3. The first-order valence-electron chi connectivity index (χ1n) is 9.43. The number of esters is 1. The molecule has 29 heavy (non-hydrogen) atoms. The van der Waals surface area contributed by atoms with Crippen LogP contribution in [0.25, 0.3) is 0 Å². The number of rotatable bonds is 7. The van der Waals surface area contributed by atoms with Crippen molar-refractivity contribution in [2.75, 3.05) is 13.2 Å². The van der Waals surface area contributed by atoms with E-state index in [4.69, 9.17) is 16.3 Å². The number of benzene rings is 2. The highest BCUT2D eigenvalue weighted by Crippen LogP contribution is 2.24. The molecule has 7 heteroatoms. The summed E-state index contributed by atoms with van der Waals surface area (Å²) in [6, 6.07) is 15.0. The summed E-state index contributed by atoms with van der Waals surface area (Å²) in [4.78, 5) is 38.1. The van der Waals surface area contributed by atoms with Gasteiger partial charge in [-0.3, -0.25) is 14.4 Å². The number of hydrogen-bond donors (Lipinski definition) is 1. The minimum absolute atomic E-state index is 0.0775. The van der Waals surface area contributed by atoms with Crippen molar-refractivity contribution < 1.29 is 19.1 Å². The van der Waals surface area contributed by atoms with Crippen molar-refractivity contribution >= 4 is 29.4 Å². The van der Waals surface area contributed by atoms with Gasteiger partial charge < -0.3 is 15.0 Å². The molecule has 3 rings (SSSR count). The van der Waals surface area contributed by atoms with Crippen molar-refractivity contribution in [3.63, 3.8) is 0 Å². The number of hydrogen-bond acceptors (Lipinski definition) is 4. The van der Waals surface area contributed by atoms with Crippen LogP contribution in [0.3, 0.4) is 0 Å². The van der Waals surface area contributed by atoms with Crippen molar-refractivity contribution in [2.45, 2.75) is 26.4 Å². The summed E-state index contributed by atoms with van der Waals surface area (Å²) >= 11 is 6.14. The molecule has 1 heterocycles. The summed E-state index contributed by atoms with van der Waals surface area (Å²) in [6.45, 7) is 2.58. The van der Waals surface area contributed by atoms with Crippen molar-refractivity contribution in [3.8, 4) is 0 Å². The Morgan fingerprint density at radius 2 is 1.83 bits per heavy atom. The molecule has 6 nitrogen and oxygen atoms in total. The predicted octanol–water partition coefficient (Wildman–Crippen LogP) is 2.86. The van der Waals surface area contributed by atoms with Crippen LogP contribution in [0.15, 0.2) is 48.5 Å². The lowest BCUT2D eigenvalue weighted by Gasteiger charge is -2.17. The average molecular weight is 415 g/mol. The topological polar surface area (TPSA) is 75.7 Å². The van der Waals surface area contributed by atoms with E-state index in [2.05, 4.69) is 5.32 Å². The third-order valence-corrected chi connectivity index (χ3v) is 5.32. The molecule has 0 aromatic heterocycles. The fourth-order valence-corrected chi connectivity index (χ4v) is 3.42. The maximum absolute atomic E-state index is 12.3. The molecule has 0 bridgehead atoms. The summed E-state index contributed by atoms with van der Waals surface area (Å²) < 4.78 is 5.12. The van der Waals surface area contributed by atoms with Crippen molar-refractivity contribution in [1.29, 1.82) is 0 Å². The Labute approximate surface area is 174 Å². The summed E-state index contributed by atoms with van der Waals surface area (Å²) in [7, 11) is 0. The number of ether oxygens (including phenoxy) is 1. The first-order chi connectivity index (χ1) is 13.9. The minimum Gasteiger partial charge on any atom is -0.455 e. The van der Waals surface area contributed by atoms with Crippen molar-refractivity contribution in [1.82, 2.24) is 10.2 Å². The molecular formula is C22H23ClN2O4. The number of amides is 2. The van der Waals surface area contributed by atoms with Gasteiger partial charge in [0.05, 0.1) is 5.92 Å². The molecule has 2 aromatic rings. The second-order valence-electron chi connectivity index (χ2n) is 7.08. The molecule has 1 saturated heterocycles. The number of likely N-dealkylation sites (tertiary alicyclic amines) is 1. The number of halogens is 1. The summed E-state index contributed by atoms with van der Waals surface area (Å²) in [5, 5.41) is 3.31. The van der Waals surface area contributed by atoms with Crippen LogP contribution < -0.4 is 5.32 Å². The van der Waals surface area contributed by atoms with Gasteiger partial charge in [-0.25, -0.2) is 0 Å². The molecule has 2 aromatic carbocycles. The Kier molecular flexibility index (Phi) is 6.88. The second kappa shape index (κ2) is 9.56. The zero-order chi connectivity index (χ0) is 20.8. The molecule has 1 atom stereocenters. The number of aryl methyl sites for hydroxylation is 1. The lowest BCUT2D eigenvalue weighted by atomic mass is 10.1. The molecule has 0 radical (unpaired) electrons. The van der Waals surface area contributed by atoms with Crippen LogP contribution in [0.4, 0.5) is 0 Å². The van der Waals surface area contributed by atoms with Gasteiger partial charge in [0, 0.05) is 31.1 Å². The lowest BCUT2D eigenvalue weighted by Crippen LogP contribution is -2.31. The van der Waals surface area contributed by atoms with E-state index < -0.39 is 11.9 Å². The molecule has 2 amide bonds. The van der Waals surface area contributed by atoms with Gasteiger partial charge >= 0.3 is 5.97 Å². The van der Waals surface area contributed by atoms with Gasteiger partial charge in [-0.1, -0.05) is 54.1 Å². The van der Waals surface area contributed by atoms with E-state index in [0.717, 1.165) is 16.7 Å². The van der Waals surface area contributed by atoms with Gasteiger partial charge in [0.1, 0.15) is 0 Å². The fourth-order valence-electron chi connectivity index (χ4n) is 3.22. The molecule has 0 aliphatic carbocycles. The Morgan fingerprint density at radius 3 is 2.55 bits per heavy atom. The largest absolute Gasteiger partial charge is 0.455 e. The van der Waals surface area contributed by atoms with Crippen LogP contribution in [-0.4, -0.2) is 35.8 Å². The normalized spacial score (nSPS) is 16.0. The minimum atomic E-state index is -0.575. The monoisotopic (exact) mass is 414 g/mol. The van der Waals surface area contributed by atoms with Crippen LogP contribution in [0, 0.1) is 12.8 Å². The third-order valence-electron chi connectivity index (χ3n) is 4.95. The smallest absolute Gasteiger partial charge is 0.311 e. The first-order valence-corrected chi connectivity index (χ1v) is 9.81. The highest BCUT2D eigenvalue weighted by molar-refractivity contribution is 6.31. The highest BCUT2D eigenvalue weighted by atomic mass is 35.5. The van der Waals surface area contributed by atoms with Gasteiger partial charge in [-0.15, -0.1) is 0 Å². The summed E-state index contributed by atoms with van der Waals surface area (Å²) in [6.07, 6.45) is 0.0775. The van der Waals surface area contributed by atoms with E-state index in [-0.39, 0.29) is 31.4 Å². The Hall–Kier alpha value is -2.86. The van der Waals surface area contributed by atoms with E-state index in [9.17, 15) is 14.4 Å². The summed E-state index contributed by atoms with van der Waals surface area (Å²) in [5.41, 5.74) is 2.91. The molecule has 1 aliphatic heterocycles. The molecule has 1 aliphatic rings. The number of carbonyl (C=O) groups is 3. The maximum Gasteiger partial charge on any atom is 0.311 e. The SMILES string of the molecule is Cc1ccccc1CNC(=O)COC(=O)[C@H]1CC(=O)N(Cc2ccccc2Cl)C1. The molecular weight excluding hydrogens is 392 g/mol. The van der Waals surface area contributed by atoms with Crippen LogP contribution in [-0.2, 0) is 32.2 Å². The number of nitrogens with one attached hydrogen (secondary N) is 1. The zero-order valence-electron chi connectivity index (χ0n) is 16.2. The molecule has 1 N–H and O–H groups in total. The van der Waals surface area contributed by atoms with Gasteiger partial charge in [0.15, 0.2) is 6.61 Å². The van der Waals surface area contributed by atoms with Gasteiger partial charge in [0.2, 0.25) is 5.91 Å². The number of nitrogens with zero attached hydrogens (tertiary/aromatic N) is 1. The second-order valence-corrected chi connectivity index (χ2v) is 7.48. The Morgan fingerprint density at radius 1 is 1.14 bits per heavy atom. The fraction of sp³-hybridized carbons (Fsp3) is 0.318. The molecule has 0 saturated carbocycles. The standard InChI is InChI=1S/C22H23ClN2O4/c1-15-6-2-3-7-16(15)11-24-20(26)14-29-22(28)18-10-21(27)25(13-18)12-17-8-4-5-9-19(17)23/h2-9,18H,10-14H2,1H3,(H,24,26)/t18-/m0/s1. The van der Waals surface area contributed by atoms with E-state index in [1.54, 1.807) is 11.0 Å². The predicted molar refractivity (Wildman–Crippen MR) is 109 cm³/mol. The van der Waals surface area contributed by atoms with Gasteiger partial charge in [0.25, 0.3) is 5.91 Å². The van der Waals surface area contributed by atoms with Crippen LogP contribution in [0.1, 0.15) is 23.1 Å². The van der Waals surface area contributed by atoms with Crippen LogP contribution in [0.2, 0.25) is 5.02 Å². The molecule has 0 spiro atoms. The average Bonchev–Trinajstić information content (AvgIpc) is 3.08. The van der Waals surface area contributed by atoms with Crippen molar-refractivity contribution in [3.05, 3.63) is 70.2 Å². The quantitative estimate of drug-likeness (QED) is 0.707. The van der Waals surface area contributed by atoms with Gasteiger partial charge in [-0.2, -0.15) is 0 Å². The molecule has 1 fully saturated rings. The van der Waals surface area contributed by atoms with E-state index >= 15 is 0 Å². The van der Waals surface area contributed by atoms with Crippen molar-refractivity contribution in [2.24, 2.45) is 5.92 Å². The summed E-state index contributed by atoms with van der Waals surface area (Å²) in [5.74, 6) is -1.62. The third kappa shape index (κ3) is 5.57. The number of carbonyl (C=O) groups excluding carboxylic acids is 3. The highest BCUT2D eigenvalue weighted by Gasteiger charge is 2.35. The van der Waals surface area contributed by atoms with Gasteiger partial charge in [-0.05, 0) is 29.7 Å². The zero-order valence-corrected chi connectivity index (χ0v) is 16.9. The first kappa shape index (κ1) is 20.9. The van der Waals surface area contributed by atoms with Crippen LogP contribution in [0.5, 0.6) is 0 Å². The van der Waals surface area contributed by atoms with Crippen LogP contribution >= 0.6 is 11.6 Å². The van der Waals surface area contributed by atoms with E-state index in [1.807, 2.05) is 49.4 Å².